The highest BCUT2D eigenvalue weighted by Gasteiger charge is 2.35. The molecule has 6 nitrogen and oxygen atoms in total. The lowest BCUT2D eigenvalue weighted by Gasteiger charge is -2.17. The van der Waals surface area contributed by atoms with Gasteiger partial charge in [-0.25, -0.2) is 4.39 Å². The number of hydrogen-bond acceptors (Lipinski definition) is 3. The molecule has 0 spiro atoms. The van der Waals surface area contributed by atoms with Gasteiger partial charge in [-0.15, -0.1) is 0 Å². The summed E-state index contributed by atoms with van der Waals surface area (Å²) in [5, 5.41) is 5.60. The Morgan fingerprint density at radius 2 is 1.93 bits per heavy atom. The maximum absolute atomic E-state index is 13.8. The van der Waals surface area contributed by atoms with Gasteiger partial charge in [0.2, 0.25) is 17.7 Å². The predicted molar refractivity (Wildman–Crippen MR) is 106 cm³/mol. The second-order valence-corrected chi connectivity index (χ2v) is 7.11. The minimum Gasteiger partial charge on any atom is -0.326 e. The first-order chi connectivity index (χ1) is 13.2. The first-order valence-electron chi connectivity index (χ1n) is 8.69. The summed E-state index contributed by atoms with van der Waals surface area (Å²) in [6, 6.07) is 9.28. The van der Waals surface area contributed by atoms with Crippen molar-refractivity contribution in [1.82, 2.24) is 0 Å². The zero-order valence-electron chi connectivity index (χ0n) is 15.4. The van der Waals surface area contributed by atoms with Crippen molar-refractivity contribution in [1.29, 1.82) is 0 Å². The van der Waals surface area contributed by atoms with Crippen LogP contribution in [0.4, 0.5) is 21.5 Å². The first kappa shape index (κ1) is 19.8. The topological polar surface area (TPSA) is 78.5 Å². The number of aryl methyl sites for hydroxylation is 1. The number of halogens is 2. The van der Waals surface area contributed by atoms with E-state index in [4.69, 9.17) is 11.6 Å². The summed E-state index contributed by atoms with van der Waals surface area (Å²) in [4.78, 5) is 37.4. The van der Waals surface area contributed by atoms with E-state index in [-0.39, 0.29) is 35.7 Å². The molecule has 28 heavy (non-hydrogen) atoms. The standard InChI is InChI=1S/C20H19ClFN3O3/c1-11-3-5-15(9-17(11)22)25-10-13(7-19(25)27)20(28)24-14-4-6-18(16(21)8-14)23-12(2)26/h3-6,8-9,13H,7,10H2,1-2H3,(H,23,26)(H,24,28). The normalized spacial score (nSPS) is 16.2. The summed E-state index contributed by atoms with van der Waals surface area (Å²) >= 11 is 6.11. The molecule has 1 atom stereocenters. The van der Waals surface area contributed by atoms with E-state index in [0.717, 1.165) is 0 Å². The Kier molecular flexibility index (Phi) is 5.65. The van der Waals surface area contributed by atoms with E-state index in [1.807, 2.05) is 0 Å². The van der Waals surface area contributed by atoms with E-state index >= 15 is 0 Å². The van der Waals surface area contributed by atoms with Crippen LogP contribution in [0.3, 0.4) is 0 Å². The van der Waals surface area contributed by atoms with Gasteiger partial charge in [0.25, 0.3) is 0 Å². The van der Waals surface area contributed by atoms with E-state index in [1.54, 1.807) is 31.2 Å². The average molecular weight is 404 g/mol. The van der Waals surface area contributed by atoms with Crippen molar-refractivity contribution in [3.63, 3.8) is 0 Å². The van der Waals surface area contributed by atoms with Gasteiger partial charge in [-0.05, 0) is 42.8 Å². The molecule has 2 aromatic carbocycles. The molecule has 1 saturated heterocycles. The van der Waals surface area contributed by atoms with Crippen LogP contribution in [0.1, 0.15) is 18.9 Å². The Balaban J connectivity index is 1.68. The van der Waals surface area contributed by atoms with Gasteiger partial charge >= 0.3 is 0 Å². The molecule has 1 fully saturated rings. The predicted octanol–water partition coefficient (Wildman–Crippen LogP) is 3.74. The number of hydrogen-bond donors (Lipinski definition) is 2. The molecule has 0 aromatic heterocycles. The summed E-state index contributed by atoms with van der Waals surface area (Å²) in [5.74, 6) is -1.78. The van der Waals surface area contributed by atoms with Crippen LogP contribution in [-0.2, 0) is 14.4 Å². The van der Waals surface area contributed by atoms with Crippen molar-refractivity contribution in [2.75, 3.05) is 22.1 Å². The molecule has 8 heteroatoms. The Hall–Kier alpha value is -2.93. The van der Waals surface area contributed by atoms with Gasteiger partial charge in [0.1, 0.15) is 5.82 Å². The first-order valence-corrected chi connectivity index (χ1v) is 9.07. The molecule has 3 amide bonds. The molecular formula is C20H19ClFN3O3. The maximum Gasteiger partial charge on any atom is 0.229 e. The van der Waals surface area contributed by atoms with E-state index in [2.05, 4.69) is 10.6 Å². The van der Waals surface area contributed by atoms with Crippen LogP contribution in [0.2, 0.25) is 5.02 Å². The lowest BCUT2D eigenvalue weighted by molar-refractivity contribution is -0.122. The molecule has 1 unspecified atom stereocenters. The van der Waals surface area contributed by atoms with Gasteiger partial charge in [-0.3, -0.25) is 14.4 Å². The smallest absolute Gasteiger partial charge is 0.229 e. The molecule has 2 aromatic rings. The number of nitrogens with zero attached hydrogens (tertiary/aromatic N) is 1. The SMILES string of the molecule is CC(=O)Nc1ccc(NC(=O)C2CC(=O)N(c3ccc(C)c(F)c3)C2)cc1Cl. The Bertz CT molecular complexity index is 964. The number of carbonyl (C=O) groups is 3. The van der Waals surface area contributed by atoms with Crippen LogP contribution in [0.25, 0.3) is 0 Å². The molecule has 146 valence electrons. The summed E-state index contributed by atoms with van der Waals surface area (Å²) in [6.45, 7) is 3.18. The van der Waals surface area contributed by atoms with Gasteiger partial charge in [-0.2, -0.15) is 0 Å². The molecule has 1 heterocycles. The summed E-state index contributed by atoms with van der Waals surface area (Å²) in [7, 11) is 0. The molecule has 3 rings (SSSR count). The van der Waals surface area contributed by atoms with Crippen LogP contribution >= 0.6 is 11.6 Å². The number of amides is 3. The lowest BCUT2D eigenvalue weighted by atomic mass is 10.1. The highest BCUT2D eigenvalue weighted by molar-refractivity contribution is 6.34. The third-order valence-corrected chi connectivity index (χ3v) is 4.82. The molecule has 0 saturated carbocycles. The van der Waals surface area contributed by atoms with Crippen LogP contribution in [-0.4, -0.2) is 24.3 Å². The van der Waals surface area contributed by atoms with Crippen molar-refractivity contribution >= 4 is 46.4 Å². The molecule has 1 aliphatic rings. The number of rotatable bonds is 4. The zero-order valence-corrected chi connectivity index (χ0v) is 16.1. The van der Waals surface area contributed by atoms with Crippen molar-refractivity contribution in [2.45, 2.75) is 20.3 Å². The van der Waals surface area contributed by atoms with Crippen LogP contribution in [0, 0.1) is 18.7 Å². The van der Waals surface area contributed by atoms with E-state index in [0.29, 0.717) is 22.6 Å². The second-order valence-electron chi connectivity index (χ2n) is 6.70. The van der Waals surface area contributed by atoms with Crippen molar-refractivity contribution in [3.8, 4) is 0 Å². The molecule has 0 bridgehead atoms. The van der Waals surface area contributed by atoms with Crippen molar-refractivity contribution in [2.24, 2.45) is 5.92 Å². The monoisotopic (exact) mass is 403 g/mol. The Morgan fingerprint density at radius 3 is 2.57 bits per heavy atom. The molecule has 2 N–H and O–H groups in total. The average Bonchev–Trinajstić information content (AvgIpc) is 3.01. The Morgan fingerprint density at radius 1 is 1.18 bits per heavy atom. The van der Waals surface area contributed by atoms with E-state index < -0.39 is 11.7 Å². The quantitative estimate of drug-likeness (QED) is 0.816. The number of carbonyl (C=O) groups excluding carboxylic acids is 3. The zero-order chi connectivity index (χ0) is 20.4. The minimum atomic E-state index is -0.564. The largest absolute Gasteiger partial charge is 0.326 e. The number of nitrogens with one attached hydrogen (secondary N) is 2. The third-order valence-electron chi connectivity index (χ3n) is 4.51. The van der Waals surface area contributed by atoms with Crippen LogP contribution in [0.5, 0.6) is 0 Å². The Labute approximate surface area is 166 Å². The molecule has 1 aliphatic heterocycles. The number of benzene rings is 2. The van der Waals surface area contributed by atoms with Crippen molar-refractivity contribution in [3.05, 3.63) is 52.8 Å². The highest BCUT2D eigenvalue weighted by atomic mass is 35.5. The molecule has 0 radical (unpaired) electrons. The van der Waals surface area contributed by atoms with Gasteiger partial charge in [-0.1, -0.05) is 17.7 Å². The third kappa shape index (κ3) is 4.31. The van der Waals surface area contributed by atoms with Gasteiger partial charge in [0.15, 0.2) is 0 Å². The van der Waals surface area contributed by atoms with Crippen LogP contribution in [0.15, 0.2) is 36.4 Å². The summed E-state index contributed by atoms with van der Waals surface area (Å²) < 4.78 is 13.8. The van der Waals surface area contributed by atoms with E-state index in [1.165, 1.54) is 24.0 Å². The van der Waals surface area contributed by atoms with Crippen molar-refractivity contribution < 1.29 is 18.8 Å². The lowest BCUT2D eigenvalue weighted by Crippen LogP contribution is -2.28. The van der Waals surface area contributed by atoms with Gasteiger partial charge in [0.05, 0.1) is 16.6 Å². The fourth-order valence-electron chi connectivity index (χ4n) is 3.01. The highest BCUT2D eigenvalue weighted by Crippen LogP contribution is 2.29. The maximum atomic E-state index is 13.8. The number of anilines is 3. The second kappa shape index (κ2) is 7.98. The fraction of sp³-hybridized carbons (Fsp3) is 0.250. The van der Waals surface area contributed by atoms with Crippen LogP contribution < -0.4 is 15.5 Å². The summed E-state index contributed by atoms with van der Waals surface area (Å²) in [5.41, 5.74) is 1.82. The fourth-order valence-corrected chi connectivity index (χ4v) is 3.24. The van der Waals surface area contributed by atoms with E-state index in [9.17, 15) is 18.8 Å². The summed E-state index contributed by atoms with van der Waals surface area (Å²) in [6.07, 6.45) is 0.0407. The molecule has 0 aliphatic carbocycles. The minimum absolute atomic E-state index is 0.0407. The van der Waals surface area contributed by atoms with Gasteiger partial charge < -0.3 is 15.5 Å². The molecular weight excluding hydrogens is 385 g/mol. The van der Waals surface area contributed by atoms with Gasteiger partial charge in [0, 0.05) is 31.3 Å².